The zero-order chi connectivity index (χ0) is 16.2. The summed E-state index contributed by atoms with van der Waals surface area (Å²) in [6.07, 6.45) is -1.49. The van der Waals surface area contributed by atoms with Crippen molar-refractivity contribution in [1.29, 1.82) is 0 Å². The van der Waals surface area contributed by atoms with Crippen molar-refractivity contribution in [2.75, 3.05) is 0 Å². The van der Waals surface area contributed by atoms with Crippen LogP contribution >= 0.6 is 0 Å². The molecule has 2 aromatic carbocycles. The summed E-state index contributed by atoms with van der Waals surface area (Å²) in [5.74, 6) is -1.32. The van der Waals surface area contributed by atoms with Crippen LogP contribution in [0.2, 0.25) is 0 Å². The lowest BCUT2D eigenvalue weighted by Crippen LogP contribution is -2.29. The molecule has 6 heteroatoms. The minimum Gasteiger partial charge on any atom is -0.479 e. The predicted molar refractivity (Wildman–Crippen MR) is 81.0 cm³/mol. The largest absolute Gasteiger partial charge is 0.479 e. The molecular weight excluding hydrogens is 304 g/mol. The van der Waals surface area contributed by atoms with Crippen LogP contribution in [0.1, 0.15) is 11.1 Å². The molecule has 1 unspecified atom stereocenters. The minimum atomic E-state index is -4.12. The summed E-state index contributed by atoms with van der Waals surface area (Å²) in [7, 11) is -4.12. The second-order valence-corrected chi connectivity index (χ2v) is 6.45. The van der Waals surface area contributed by atoms with Crippen molar-refractivity contribution in [2.24, 2.45) is 0 Å². The molecule has 0 bridgehead atoms. The monoisotopic (exact) mass is 320 g/mol. The van der Waals surface area contributed by atoms with Gasteiger partial charge in [0.15, 0.2) is 6.10 Å². The number of carbonyl (C=O) groups is 1. The van der Waals surface area contributed by atoms with Gasteiger partial charge in [0, 0.05) is 6.42 Å². The average molecular weight is 320 g/mol. The summed E-state index contributed by atoms with van der Waals surface area (Å²) in [6, 6.07) is 14.8. The fourth-order valence-corrected chi connectivity index (χ4v) is 2.94. The van der Waals surface area contributed by atoms with Crippen molar-refractivity contribution in [2.45, 2.75) is 24.3 Å². The molecule has 0 aliphatic heterocycles. The van der Waals surface area contributed by atoms with E-state index in [0.717, 1.165) is 5.56 Å². The van der Waals surface area contributed by atoms with Crippen LogP contribution in [-0.4, -0.2) is 25.6 Å². The van der Waals surface area contributed by atoms with Crippen LogP contribution in [0.25, 0.3) is 0 Å². The van der Waals surface area contributed by atoms with Gasteiger partial charge in [0.2, 0.25) is 0 Å². The van der Waals surface area contributed by atoms with Gasteiger partial charge in [0.1, 0.15) is 0 Å². The molecule has 0 saturated heterocycles. The maximum atomic E-state index is 12.2. The Labute approximate surface area is 129 Å². The number of hydrogen-bond donors (Lipinski definition) is 1. The lowest BCUT2D eigenvalue weighted by molar-refractivity contribution is -0.144. The molecule has 0 fully saturated rings. The summed E-state index contributed by atoms with van der Waals surface area (Å²) in [6.45, 7) is 1.83. The van der Waals surface area contributed by atoms with Crippen molar-refractivity contribution in [1.82, 2.24) is 0 Å². The summed E-state index contributed by atoms with van der Waals surface area (Å²) < 4.78 is 29.2. The van der Waals surface area contributed by atoms with Crippen molar-refractivity contribution in [3.05, 3.63) is 65.7 Å². The van der Waals surface area contributed by atoms with Gasteiger partial charge in [0.25, 0.3) is 10.1 Å². The summed E-state index contributed by atoms with van der Waals surface area (Å²) in [5.41, 5.74) is 1.59. The van der Waals surface area contributed by atoms with Gasteiger partial charge < -0.3 is 5.11 Å². The maximum absolute atomic E-state index is 12.2. The van der Waals surface area contributed by atoms with Crippen LogP contribution in [-0.2, 0) is 25.5 Å². The predicted octanol–water partition coefficient (Wildman–Crippen LogP) is 2.40. The van der Waals surface area contributed by atoms with Crippen molar-refractivity contribution in [3.63, 3.8) is 0 Å². The molecular formula is C16H16O5S. The summed E-state index contributed by atoms with van der Waals surface area (Å²) in [5, 5.41) is 9.20. The van der Waals surface area contributed by atoms with Crippen LogP contribution in [0.15, 0.2) is 59.5 Å². The first-order valence-corrected chi connectivity index (χ1v) is 8.06. The van der Waals surface area contributed by atoms with E-state index >= 15 is 0 Å². The van der Waals surface area contributed by atoms with Crippen LogP contribution in [0.5, 0.6) is 0 Å². The molecule has 0 amide bonds. The molecule has 2 aromatic rings. The van der Waals surface area contributed by atoms with E-state index in [2.05, 4.69) is 0 Å². The Hall–Kier alpha value is -2.18. The first-order chi connectivity index (χ1) is 10.4. The van der Waals surface area contributed by atoms with E-state index in [1.54, 1.807) is 42.5 Å². The lowest BCUT2D eigenvalue weighted by Gasteiger charge is -2.14. The Morgan fingerprint density at radius 3 is 2.23 bits per heavy atom. The highest BCUT2D eigenvalue weighted by atomic mass is 32.2. The van der Waals surface area contributed by atoms with Crippen molar-refractivity contribution in [3.8, 4) is 0 Å². The average Bonchev–Trinajstić information content (AvgIpc) is 2.48. The molecule has 0 aliphatic rings. The van der Waals surface area contributed by atoms with Gasteiger partial charge in [-0.3, -0.25) is 4.18 Å². The molecule has 2 rings (SSSR count). The third-order valence-electron chi connectivity index (χ3n) is 3.09. The molecule has 5 nitrogen and oxygen atoms in total. The molecule has 0 spiro atoms. The zero-order valence-electron chi connectivity index (χ0n) is 12.0. The topological polar surface area (TPSA) is 80.7 Å². The van der Waals surface area contributed by atoms with Gasteiger partial charge in [-0.15, -0.1) is 0 Å². The smallest absolute Gasteiger partial charge is 0.334 e. The SMILES string of the molecule is Cc1ccc(S(=O)(=O)OC(Cc2ccccc2)C(=O)O)cc1. The quantitative estimate of drug-likeness (QED) is 0.827. The van der Waals surface area contributed by atoms with Crippen LogP contribution in [0.3, 0.4) is 0 Å². The highest BCUT2D eigenvalue weighted by molar-refractivity contribution is 7.86. The standard InChI is InChI=1S/C16H16O5S/c1-12-7-9-14(10-8-12)22(19,20)21-15(16(17)18)11-13-5-3-2-4-6-13/h2-10,15H,11H2,1H3,(H,17,18). The highest BCUT2D eigenvalue weighted by Crippen LogP contribution is 2.17. The van der Waals surface area contributed by atoms with E-state index in [9.17, 15) is 18.3 Å². The molecule has 0 saturated carbocycles. The van der Waals surface area contributed by atoms with Crippen LogP contribution in [0, 0.1) is 6.92 Å². The molecule has 0 aromatic heterocycles. The van der Waals surface area contributed by atoms with Gasteiger partial charge in [0.05, 0.1) is 4.90 Å². The molecule has 1 atom stereocenters. The molecule has 22 heavy (non-hydrogen) atoms. The Kier molecular flexibility index (Phi) is 4.95. The van der Waals surface area contributed by atoms with Crippen LogP contribution < -0.4 is 0 Å². The normalized spacial score (nSPS) is 12.8. The highest BCUT2D eigenvalue weighted by Gasteiger charge is 2.27. The molecule has 0 heterocycles. The number of carboxylic acid groups (broad SMARTS) is 1. The van der Waals surface area contributed by atoms with Gasteiger partial charge in [-0.1, -0.05) is 48.0 Å². The number of aryl methyl sites for hydroxylation is 1. The number of carboxylic acids is 1. The second kappa shape index (κ2) is 6.72. The minimum absolute atomic E-state index is 0.0265. The van der Waals surface area contributed by atoms with Gasteiger partial charge in [-0.05, 0) is 24.6 Å². The van der Waals surface area contributed by atoms with Crippen LogP contribution in [0.4, 0.5) is 0 Å². The van der Waals surface area contributed by atoms with E-state index in [1.165, 1.54) is 12.1 Å². The van der Waals surface area contributed by atoms with Crippen molar-refractivity contribution >= 4 is 16.1 Å². The second-order valence-electron chi connectivity index (χ2n) is 4.88. The first kappa shape index (κ1) is 16.2. The third kappa shape index (κ3) is 4.16. The molecule has 116 valence electrons. The summed E-state index contributed by atoms with van der Waals surface area (Å²) >= 11 is 0. The van der Waals surface area contributed by atoms with E-state index in [-0.39, 0.29) is 11.3 Å². The first-order valence-electron chi connectivity index (χ1n) is 6.65. The van der Waals surface area contributed by atoms with E-state index < -0.39 is 22.2 Å². The van der Waals surface area contributed by atoms with Gasteiger partial charge in [-0.2, -0.15) is 8.42 Å². The molecule has 0 aliphatic carbocycles. The Morgan fingerprint density at radius 2 is 1.68 bits per heavy atom. The molecule has 0 radical (unpaired) electrons. The Balaban J connectivity index is 2.20. The van der Waals surface area contributed by atoms with E-state index in [0.29, 0.717) is 5.56 Å². The Bertz CT molecular complexity index is 736. The Morgan fingerprint density at radius 1 is 1.09 bits per heavy atom. The number of rotatable bonds is 6. The van der Waals surface area contributed by atoms with E-state index in [4.69, 9.17) is 4.18 Å². The lowest BCUT2D eigenvalue weighted by atomic mass is 10.1. The number of aliphatic carboxylic acids is 1. The van der Waals surface area contributed by atoms with Crippen molar-refractivity contribution < 1.29 is 22.5 Å². The maximum Gasteiger partial charge on any atom is 0.334 e. The van der Waals surface area contributed by atoms with E-state index in [1.807, 2.05) is 6.92 Å². The fourth-order valence-electron chi connectivity index (χ4n) is 1.90. The van der Waals surface area contributed by atoms with Gasteiger partial charge >= 0.3 is 5.97 Å². The van der Waals surface area contributed by atoms with Gasteiger partial charge in [-0.25, -0.2) is 4.79 Å². The fraction of sp³-hybridized carbons (Fsp3) is 0.188. The number of benzene rings is 2. The third-order valence-corrected chi connectivity index (χ3v) is 4.43. The molecule has 1 N–H and O–H groups in total. The summed E-state index contributed by atoms with van der Waals surface area (Å²) in [4.78, 5) is 11.2. The number of hydrogen-bond acceptors (Lipinski definition) is 4. The zero-order valence-corrected chi connectivity index (χ0v) is 12.8.